The molecule has 0 heterocycles. The van der Waals surface area contributed by atoms with Crippen LogP contribution in [-0.2, 0) is 16.0 Å². The van der Waals surface area contributed by atoms with Crippen molar-refractivity contribution >= 4 is 5.78 Å². The molecule has 0 bridgehead atoms. The maximum Gasteiger partial charge on any atom is 0.133 e. The third-order valence-electron chi connectivity index (χ3n) is 3.24. The Balaban J connectivity index is 1.78. The molecule has 1 aromatic rings. The van der Waals surface area contributed by atoms with Gasteiger partial charge in [0, 0.05) is 26.6 Å². The van der Waals surface area contributed by atoms with Gasteiger partial charge in [-0.2, -0.15) is 0 Å². The minimum Gasteiger partial charge on any atom is -0.385 e. The molecule has 0 aromatic heterocycles. The lowest BCUT2D eigenvalue weighted by atomic mass is 9.75. The largest absolute Gasteiger partial charge is 0.385 e. The normalized spacial score (nSPS) is 17.7. The monoisotopic (exact) mass is 218 g/mol. The zero-order valence-corrected chi connectivity index (χ0v) is 9.74. The number of hydrogen-bond donors (Lipinski definition) is 0. The number of carbonyl (C=O) groups excluding carboxylic acids is 1. The number of fused-ring (bicyclic) bond motifs is 1. The fourth-order valence-corrected chi connectivity index (χ4v) is 2.34. The van der Waals surface area contributed by atoms with E-state index in [2.05, 4.69) is 24.3 Å². The summed E-state index contributed by atoms with van der Waals surface area (Å²) in [6.45, 7) is 0.687. The van der Waals surface area contributed by atoms with Crippen LogP contribution >= 0.6 is 0 Å². The lowest BCUT2D eigenvalue weighted by Gasteiger charge is -2.29. The first-order chi connectivity index (χ1) is 7.81. The fraction of sp³-hybridized carbons (Fsp3) is 0.500. The van der Waals surface area contributed by atoms with Crippen LogP contribution < -0.4 is 0 Å². The van der Waals surface area contributed by atoms with Crippen molar-refractivity contribution < 1.29 is 9.53 Å². The highest BCUT2D eigenvalue weighted by Crippen LogP contribution is 2.37. The van der Waals surface area contributed by atoms with Gasteiger partial charge in [-0.25, -0.2) is 0 Å². The van der Waals surface area contributed by atoms with E-state index in [-0.39, 0.29) is 0 Å². The smallest absolute Gasteiger partial charge is 0.133 e. The number of Topliss-reactive ketones (excluding diaryl/α,β-unsaturated/α-hetero) is 1. The van der Waals surface area contributed by atoms with Gasteiger partial charge in [0.05, 0.1) is 0 Å². The molecule has 1 unspecified atom stereocenters. The highest BCUT2D eigenvalue weighted by molar-refractivity contribution is 5.79. The van der Waals surface area contributed by atoms with Gasteiger partial charge in [0.1, 0.15) is 5.78 Å². The van der Waals surface area contributed by atoms with Crippen molar-refractivity contribution in [3.8, 4) is 0 Å². The lowest BCUT2D eigenvalue weighted by Crippen LogP contribution is -2.20. The van der Waals surface area contributed by atoms with Crippen molar-refractivity contribution in [3.63, 3.8) is 0 Å². The van der Waals surface area contributed by atoms with Gasteiger partial charge in [0.2, 0.25) is 0 Å². The number of ketones is 1. The molecule has 0 fully saturated rings. The predicted molar refractivity (Wildman–Crippen MR) is 63.6 cm³/mol. The van der Waals surface area contributed by atoms with E-state index in [1.807, 2.05) is 0 Å². The van der Waals surface area contributed by atoms with Gasteiger partial charge in [0.15, 0.2) is 0 Å². The first kappa shape index (κ1) is 11.3. The summed E-state index contributed by atoms with van der Waals surface area (Å²) in [6.07, 6.45) is 3.29. The standard InChI is InChI=1S/C14H18O2/c1-16-8-4-6-13(15)10-12-9-11-5-2-3-7-14(11)12/h2-3,5,7,12H,4,6,8-10H2,1H3. The third-order valence-corrected chi connectivity index (χ3v) is 3.24. The van der Waals surface area contributed by atoms with Crippen LogP contribution in [0.3, 0.4) is 0 Å². The zero-order valence-electron chi connectivity index (χ0n) is 9.74. The summed E-state index contributed by atoms with van der Waals surface area (Å²) >= 11 is 0. The first-order valence-electron chi connectivity index (χ1n) is 5.89. The van der Waals surface area contributed by atoms with E-state index in [9.17, 15) is 4.79 Å². The SMILES string of the molecule is COCCCC(=O)CC1Cc2ccccc21. The van der Waals surface area contributed by atoms with Crippen LogP contribution in [0.2, 0.25) is 0 Å². The Morgan fingerprint density at radius 1 is 1.44 bits per heavy atom. The second-order valence-corrected chi connectivity index (χ2v) is 4.44. The molecule has 1 aliphatic carbocycles. The van der Waals surface area contributed by atoms with Crippen LogP contribution in [0, 0.1) is 0 Å². The van der Waals surface area contributed by atoms with Gasteiger partial charge in [-0.15, -0.1) is 0 Å². The van der Waals surface area contributed by atoms with Crippen molar-refractivity contribution in [2.24, 2.45) is 0 Å². The van der Waals surface area contributed by atoms with E-state index >= 15 is 0 Å². The molecule has 2 rings (SSSR count). The van der Waals surface area contributed by atoms with E-state index in [1.165, 1.54) is 11.1 Å². The summed E-state index contributed by atoms with van der Waals surface area (Å²) in [5.41, 5.74) is 2.79. The molecule has 0 saturated heterocycles. The summed E-state index contributed by atoms with van der Waals surface area (Å²) in [7, 11) is 1.67. The van der Waals surface area contributed by atoms with E-state index < -0.39 is 0 Å². The van der Waals surface area contributed by atoms with Crippen LogP contribution in [-0.4, -0.2) is 19.5 Å². The molecule has 1 aliphatic rings. The molecule has 0 amide bonds. The van der Waals surface area contributed by atoms with Gasteiger partial charge < -0.3 is 4.74 Å². The number of ether oxygens (including phenoxy) is 1. The topological polar surface area (TPSA) is 26.3 Å². The fourth-order valence-electron chi connectivity index (χ4n) is 2.34. The first-order valence-corrected chi connectivity index (χ1v) is 5.89. The van der Waals surface area contributed by atoms with Crippen molar-refractivity contribution in [3.05, 3.63) is 35.4 Å². The number of benzene rings is 1. The summed E-state index contributed by atoms with van der Waals surface area (Å²) in [5, 5.41) is 0. The quantitative estimate of drug-likeness (QED) is 0.686. The minimum atomic E-state index is 0.372. The maximum absolute atomic E-state index is 11.7. The molecule has 1 aromatic carbocycles. The van der Waals surface area contributed by atoms with E-state index in [1.54, 1.807) is 7.11 Å². The highest BCUT2D eigenvalue weighted by atomic mass is 16.5. The van der Waals surface area contributed by atoms with E-state index in [0.717, 1.165) is 12.8 Å². The van der Waals surface area contributed by atoms with Crippen LogP contribution in [0.1, 0.15) is 36.3 Å². The Hall–Kier alpha value is -1.15. The summed E-state index contributed by atoms with van der Waals surface area (Å²) in [5.74, 6) is 0.850. The zero-order chi connectivity index (χ0) is 11.4. The van der Waals surface area contributed by atoms with Gasteiger partial charge in [-0.3, -0.25) is 4.79 Å². The molecule has 86 valence electrons. The number of carbonyl (C=O) groups is 1. The molecule has 0 spiro atoms. The average Bonchev–Trinajstić information content (AvgIpc) is 2.26. The molecule has 2 nitrogen and oxygen atoms in total. The number of rotatable bonds is 6. The Kier molecular flexibility index (Phi) is 3.73. The van der Waals surface area contributed by atoms with Crippen molar-refractivity contribution in [1.82, 2.24) is 0 Å². The molecule has 2 heteroatoms. The second-order valence-electron chi connectivity index (χ2n) is 4.44. The predicted octanol–water partition coefficient (Wildman–Crippen LogP) is 2.71. The molecule has 0 radical (unpaired) electrons. The van der Waals surface area contributed by atoms with Crippen LogP contribution in [0.15, 0.2) is 24.3 Å². The van der Waals surface area contributed by atoms with E-state index in [4.69, 9.17) is 4.74 Å². The Morgan fingerprint density at radius 2 is 2.25 bits per heavy atom. The van der Waals surface area contributed by atoms with Crippen molar-refractivity contribution in [2.75, 3.05) is 13.7 Å². The van der Waals surface area contributed by atoms with Gasteiger partial charge >= 0.3 is 0 Å². The molecule has 0 aliphatic heterocycles. The number of hydrogen-bond acceptors (Lipinski definition) is 2. The average molecular weight is 218 g/mol. The minimum absolute atomic E-state index is 0.372. The van der Waals surface area contributed by atoms with Crippen LogP contribution in [0.5, 0.6) is 0 Å². The lowest BCUT2D eigenvalue weighted by molar-refractivity contribution is -0.119. The molecule has 0 saturated carbocycles. The second kappa shape index (κ2) is 5.26. The van der Waals surface area contributed by atoms with E-state index in [0.29, 0.717) is 31.1 Å². The third kappa shape index (κ3) is 2.50. The Labute approximate surface area is 96.6 Å². The van der Waals surface area contributed by atoms with Gasteiger partial charge in [0.25, 0.3) is 0 Å². The molecular formula is C14H18O2. The maximum atomic E-state index is 11.7. The molecular weight excluding hydrogens is 200 g/mol. The van der Waals surface area contributed by atoms with Crippen molar-refractivity contribution in [2.45, 2.75) is 31.6 Å². The van der Waals surface area contributed by atoms with Crippen LogP contribution in [0.4, 0.5) is 0 Å². The number of methoxy groups -OCH3 is 1. The molecule has 1 atom stereocenters. The van der Waals surface area contributed by atoms with Gasteiger partial charge in [-0.1, -0.05) is 24.3 Å². The highest BCUT2D eigenvalue weighted by Gasteiger charge is 2.26. The summed E-state index contributed by atoms with van der Waals surface area (Å²) < 4.78 is 4.94. The Bertz CT molecular complexity index is 371. The summed E-state index contributed by atoms with van der Waals surface area (Å²) in [4.78, 5) is 11.7. The summed E-state index contributed by atoms with van der Waals surface area (Å²) in [6, 6.07) is 8.42. The van der Waals surface area contributed by atoms with Crippen molar-refractivity contribution in [1.29, 1.82) is 0 Å². The molecule has 0 N–H and O–H groups in total. The van der Waals surface area contributed by atoms with Crippen LogP contribution in [0.25, 0.3) is 0 Å². The Morgan fingerprint density at radius 3 is 3.00 bits per heavy atom. The van der Waals surface area contributed by atoms with Gasteiger partial charge in [-0.05, 0) is 29.9 Å². The molecule has 16 heavy (non-hydrogen) atoms.